The van der Waals surface area contributed by atoms with Crippen LogP contribution in [0.1, 0.15) is 12.6 Å². The first-order valence-electron chi connectivity index (χ1n) is 8.15. The summed E-state index contributed by atoms with van der Waals surface area (Å²) in [5, 5.41) is 6.73. The third-order valence-electron chi connectivity index (χ3n) is 3.69. The highest BCUT2D eigenvalue weighted by Crippen LogP contribution is 2.25. The van der Waals surface area contributed by atoms with Crippen molar-refractivity contribution in [2.24, 2.45) is 0 Å². The first-order valence-corrected chi connectivity index (χ1v) is 9.97. The van der Waals surface area contributed by atoms with Gasteiger partial charge in [0.2, 0.25) is 0 Å². The minimum Gasteiger partial charge on any atom is -0.455 e. The van der Waals surface area contributed by atoms with Crippen LogP contribution in [0.15, 0.2) is 52.5 Å². The van der Waals surface area contributed by atoms with Crippen molar-refractivity contribution < 1.29 is 14.3 Å². The Balaban J connectivity index is 1.53. The molecule has 0 aliphatic rings. The molecule has 0 bridgehead atoms. The molecule has 3 aromatic rings. The van der Waals surface area contributed by atoms with E-state index in [2.05, 4.69) is 4.98 Å². The van der Waals surface area contributed by atoms with Gasteiger partial charge in [-0.15, -0.1) is 11.3 Å². The molecule has 0 fully saturated rings. The van der Waals surface area contributed by atoms with Gasteiger partial charge in [0.1, 0.15) is 5.01 Å². The molecule has 0 unspecified atom stereocenters. The van der Waals surface area contributed by atoms with E-state index < -0.39 is 5.97 Å². The number of aromatic nitrogens is 1. The second kappa shape index (κ2) is 8.73. The number of carbonyl (C=O) groups is 2. The van der Waals surface area contributed by atoms with E-state index in [4.69, 9.17) is 4.74 Å². The molecule has 0 atom stereocenters. The third-order valence-corrected chi connectivity index (χ3v) is 5.31. The molecule has 1 amide bonds. The van der Waals surface area contributed by atoms with Crippen molar-refractivity contribution in [1.29, 1.82) is 0 Å². The molecule has 0 radical (unpaired) electrons. The number of thiophene rings is 1. The van der Waals surface area contributed by atoms with Gasteiger partial charge in [-0.25, -0.2) is 4.98 Å². The summed E-state index contributed by atoms with van der Waals surface area (Å²) in [4.78, 5) is 30.4. The average Bonchev–Trinajstić information content (AvgIpc) is 3.33. The smallest absolute Gasteiger partial charge is 0.312 e. The number of ether oxygens (including phenoxy) is 1. The Hall–Kier alpha value is -2.51. The molecular formula is C19H18N2O3S2. The van der Waals surface area contributed by atoms with E-state index in [0.29, 0.717) is 12.2 Å². The summed E-state index contributed by atoms with van der Waals surface area (Å²) < 4.78 is 5.15. The quantitative estimate of drug-likeness (QED) is 0.576. The highest BCUT2D eigenvalue weighted by molar-refractivity contribution is 7.14. The summed E-state index contributed by atoms with van der Waals surface area (Å²) in [7, 11) is 0. The van der Waals surface area contributed by atoms with Crippen molar-refractivity contribution in [3.8, 4) is 10.6 Å². The van der Waals surface area contributed by atoms with Crippen LogP contribution < -0.4 is 4.90 Å². The van der Waals surface area contributed by atoms with Gasteiger partial charge in [-0.05, 0) is 30.5 Å². The lowest BCUT2D eigenvalue weighted by Gasteiger charge is -2.20. The van der Waals surface area contributed by atoms with Crippen LogP contribution in [0, 0.1) is 0 Å². The van der Waals surface area contributed by atoms with E-state index in [0.717, 1.165) is 16.3 Å². The minimum absolute atomic E-state index is 0.0609. The van der Waals surface area contributed by atoms with Crippen molar-refractivity contribution in [1.82, 2.24) is 4.98 Å². The van der Waals surface area contributed by atoms with Crippen molar-refractivity contribution >= 4 is 40.2 Å². The average molecular weight is 386 g/mol. The van der Waals surface area contributed by atoms with Crippen LogP contribution in [0.3, 0.4) is 0 Å². The predicted molar refractivity (Wildman–Crippen MR) is 105 cm³/mol. The van der Waals surface area contributed by atoms with Crippen LogP contribution in [0.2, 0.25) is 0 Å². The summed E-state index contributed by atoms with van der Waals surface area (Å²) in [5.74, 6) is -0.700. The number of amides is 1. The summed E-state index contributed by atoms with van der Waals surface area (Å²) in [6.45, 7) is 2.12. The highest BCUT2D eigenvalue weighted by atomic mass is 32.1. The maximum atomic E-state index is 12.3. The van der Waals surface area contributed by atoms with E-state index in [1.165, 1.54) is 11.3 Å². The molecule has 0 N–H and O–H groups in total. The van der Waals surface area contributed by atoms with Crippen molar-refractivity contribution in [3.63, 3.8) is 0 Å². The summed E-state index contributed by atoms with van der Waals surface area (Å²) >= 11 is 3.10. The van der Waals surface area contributed by atoms with Gasteiger partial charge in [-0.3, -0.25) is 9.59 Å². The molecule has 1 aromatic carbocycles. The van der Waals surface area contributed by atoms with Gasteiger partial charge in [0.25, 0.3) is 5.91 Å². The van der Waals surface area contributed by atoms with E-state index in [-0.39, 0.29) is 18.9 Å². The predicted octanol–water partition coefficient (Wildman–Crippen LogP) is 4.01. The minimum atomic E-state index is -0.454. The van der Waals surface area contributed by atoms with Crippen LogP contribution in [0.4, 0.5) is 5.69 Å². The second-order valence-electron chi connectivity index (χ2n) is 5.47. The van der Waals surface area contributed by atoms with Crippen molar-refractivity contribution in [2.75, 3.05) is 18.1 Å². The molecule has 0 saturated carbocycles. The number of carbonyl (C=O) groups excluding carboxylic acids is 2. The Morgan fingerprint density at radius 2 is 1.96 bits per heavy atom. The van der Waals surface area contributed by atoms with E-state index in [1.54, 1.807) is 16.2 Å². The summed E-state index contributed by atoms with van der Waals surface area (Å²) in [6, 6.07) is 11.3. The van der Waals surface area contributed by atoms with Crippen LogP contribution in [0.5, 0.6) is 0 Å². The molecule has 2 aromatic heterocycles. The fourth-order valence-electron chi connectivity index (χ4n) is 2.44. The molecule has 0 aliphatic carbocycles. The van der Waals surface area contributed by atoms with E-state index in [9.17, 15) is 9.59 Å². The number of para-hydroxylation sites is 1. The first-order chi connectivity index (χ1) is 12.7. The zero-order chi connectivity index (χ0) is 18.4. The Bertz CT molecular complexity index is 860. The maximum absolute atomic E-state index is 12.3. The van der Waals surface area contributed by atoms with Gasteiger partial charge in [0.15, 0.2) is 6.61 Å². The molecule has 5 nitrogen and oxygen atoms in total. The first kappa shape index (κ1) is 18.3. The third kappa shape index (κ3) is 4.56. The van der Waals surface area contributed by atoms with E-state index >= 15 is 0 Å². The lowest BCUT2D eigenvalue weighted by Crippen LogP contribution is -2.34. The lowest BCUT2D eigenvalue weighted by atomic mass is 10.3. The van der Waals surface area contributed by atoms with Gasteiger partial charge >= 0.3 is 5.97 Å². The number of hydrogen-bond acceptors (Lipinski definition) is 6. The molecule has 26 heavy (non-hydrogen) atoms. The number of benzene rings is 1. The molecule has 7 heteroatoms. The second-order valence-corrected chi connectivity index (χ2v) is 7.11. The van der Waals surface area contributed by atoms with Gasteiger partial charge in [-0.2, -0.15) is 11.3 Å². The standard InChI is InChI=1S/C19H18N2O3S2/c1-2-21(16-6-4-3-5-7-16)17(22)11-24-18(23)10-15-13-26-19(20-15)14-8-9-25-12-14/h3-9,12-13H,2,10-11H2,1H3. The molecule has 3 rings (SSSR count). The van der Waals surface area contributed by atoms with E-state index in [1.807, 2.05) is 59.5 Å². The SMILES string of the molecule is CCN(C(=O)COC(=O)Cc1csc(-c2ccsc2)n1)c1ccccc1. The number of rotatable bonds is 7. The molecule has 134 valence electrons. The van der Waals surface area contributed by atoms with Crippen LogP contribution in [-0.2, 0) is 20.7 Å². The maximum Gasteiger partial charge on any atom is 0.312 e. The van der Waals surface area contributed by atoms with Gasteiger partial charge < -0.3 is 9.64 Å². The number of thiazole rings is 1. The normalized spacial score (nSPS) is 10.5. The number of likely N-dealkylation sites (N-methyl/N-ethyl adjacent to an activating group) is 1. The molecule has 0 aliphatic heterocycles. The Kier molecular flexibility index (Phi) is 6.14. The monoisotopic (exact) mass is 386 g/mol. The number of anilines is 1. The van der Waals surface area contributed by atoms with Crippen molar-refractivity contribution in [2.45, 2.75) is 13.3 Å². The number of esters is 1. The number of hydrogen-bond donors (Lipinski definition) is 0. The number of nitrogens with zero attached hydrogens (tertiary/aromatic N) is 2. The Labute approximate surface area is 159 Å². The van der Waals surface area contributed by atoms with Crippen molar-refractivity contribution in [3.05, 3.63) is 58.2 Å². The molecular weight excluding hydrogens is 368 g/mol. The highest BCUT2D eigenvalue weighted by Gasteiger charge is 2.17. The topological polar surface area (TPSA) is 59.5 Å². The van der Waals surface area contributed by atoms with Gasteiger partial charge in [0, 0.05) is 28.6 Å². The van der Waals surface area contributed by atoms with Crippen LogP contribution >= 0.6 is 22.7 Å². The molecule has 0 saturated heterocycles. The Morgan fingerprint density at radius 1 is 1.15 bits per heavy atom. The zero-order valence-electron chi connectivity index (χ0n) is 14.3. The van der Waals surface area contributed by atoms with Gasteiger partial charge in [-0.1, -0.05) is 18.2 Å². The van der Waals surface area contributed by atoms with Gasteiger partial charge in [0.05, 0.1) is 12.1 Å². The lowest BCUT2D eigenvalue weighted by molar-refractivity contribution is -0.147. The largest absolute Gasteiger partial charge is 0.455 e. The fourth-order valence-corrected chi connectivity index (χ4v) is 3.97. The molecule has 2 heterocycles. The van der Waals surface area contributed by atoms with Crippen LogP contribution in [-0.4, -0.2) is 30.0 Å². The Morgan fingerprint density at radius 3 is 2.65 bits per heavy atom. The zero-order valence-corrected chi connectivity index (χ0v) is 15.9. The fraction of sp³-hybridized carbons (Fsp3) is 0.211. The summed E-state index contributed by atoms with van der Waals surface area (Å²) in [5.41, 5.74) is 2.50. The molecule has 0 spiro atoms. The van der Waals surface area contributed by atoms with Crippen LogP contribution in [0.25, 0.3) is 10.6 Å². The summed E-state index contributed by atoms with van der Waals surface area (Å²) in [6.07, 6.45) is 0.0609.